The maximum absolute atomic E-state index is 6.14. The highest BCUT2D eigenvalue weighted by Crippen LogP contribution is 2.38. The minimum Gasteiger partial charge on any atom is -0.400 e. The van der Waals surface area contributed by atoms with Gasteiger partial charge in [0.05, 0.1) is 11.2 Å². The van der Waals surface area contributed by atoms with Crippen LogP contribution in [0.3, 0.4) is 0 Å². The SMILES string of the molecule is CNCC(=Cc1cccc(NN)c1)B1OC(C)(C)C(C)(C)O1. The van der Waals surface area contributed by atoms with Crippen molar-refractivity contribution in [2.75, 3.05) is 19.0 Å². The van der Waals surface area contributed by atoms with E-state index in [1.807, 2.05) is 31.3 Å². The van der Waals surface area contributed by atoms with E-state index in [0.29, 0.717) is 6.54 Å². The minimum atomic E-state index is -0.355. The summed E-state index contributed by atoms with van der Waals surface area (Å²) in [5.74, 6) is 5.47. The van der Waals surface area contributed by atoms with Gasteiger partial charge in [-0.3, -0.25) is 5.84 Å². The Morgan fingerprint density at radius 2 is 1.86 bits per heavy atom. The number of nitrogens with one attached hydrogen (secondary N) is 2. The minimum absolute atomic E-state index is 0.342. The molecular formula is C16H26BN3O2. The average molecular weight is 303 g/mol. The number of benzene rings is 1. The fourth-order valence-electron chi connectivity index (χ4n) is 2.33. The van der Waals surface area contributed by atoms with E-state index in [4.69, 9.17) is 15.2 Å². The molecule has 5 nitrogen and oxygen atoms in total. The van der Waals surface area contributed by atoms with E-state index < -0.39 is 0 Å². The summed E-state index contributed by atoms with van der Waals surface area (Å²) in [4.78, 5) is 0. The van der Waals surface area contributed by atoms with Crippen molar-refractivity contribution in [3.05, 3.63) is 35.3 Å². The van der Waals surface area contributed by atoms with Crippen molar-refractivity contribution >= 4 is 18.9 Å². The lowest BCUT2D eigenvalue weighted by molar-refractivity contribution is 0.00578. The summed E-state index contributed by atoms with van der Waals surface area (Å²) in [6, 6.07) is 7.90. The van der Waals surface area contributed by atoms with Crippen LogP contribution in [0, 0.1) is 0 Å². The Balaban J connectivity index is 2.29. The fourth-order valence-corrected chi connectivity index (χ4v) is 2.33. The van der Waals surface area contributed by atoms with E-state index in [-0.39, 0.29) is 18.3 Å². The molecule has 0 bridgehead atoms. The standard InChI is InChI=1S/C16H26BN3O2/c1-15(2)16(3,4)22-17(21-15)13(11-19-5)9-12-7-6-8-14(10-12)20-18/h6-10,19-20H,11,18H2,1-5H3. The third-order valence-corrected chi connectivity index (χ3v) is 4.34. The van der Waals surface area contributed by atoms with Crippen LogP contribution < -0.4 is 16.6 Å². The van der Waals surface area contributed by atoms with Gasteiger partial charge in [0.2, 0.25) is 0 Å². The largest absolute Gasteiger partial charge is 0.491 e. The lowest BCUT2D eigenvalue weighted by atomic mass is 9.77. The van der Waals surface area contributed by atoms with E-state index in [0.717, 1.165) is 16.7 Å². The Morgan fingerprint density at radius 3 is 2.41 bits per heavy atom. The first-order valence-electron chi connectivity index (χ1n) is 7.56. The molecule has 22 heavy (non-hydrogen) atoms. The first-order valence-corrected chi connectivity index (χ1v) is 7.56. The van der Waals surface area contributed by atoms with Crippen LogP contribution in [0.5, 0.6) is 0 Å². The van der Waals surface area contributed by atoms with E-state index in [9.17, 15) is 0 Å². The van der Waals surface area contributed by atoms with Crippen molar-refractivity contribution < 1.29 is 9.31 Å². The Bertz CT molecular complexity index is 542. The Kier molecular flexibility index (Phi) is 4.97. The summed E-state index contributed by atoms with van der Waals surface area (Å²) in [7, 11) is 1.56. The number of nitrogens with two attached hydrogens (primary N) is 1. The van der Waals surface area contributed by atoms with Crippen molar-refractivity contribution in [1.82, 2.24) is 5.32 Å². The van der Waals surface area contributed by atoms with Crippen molar-refractivity contribution in [1.29, 1.82) is 0 Å². The zero-order chi connectivity index (χ0) is 16.4. The maximum atomic E-state index is 6.14. The number of hydrogen-bond acceptors (Lipinski definition) is 5. The highest BCUT2D eigenvalue weighted by atomic mass is 16.7. The van der Waals surface area contributed by atoms with Crippen LogP contribution >= 0.6 is 0 Å². The smallest absolute Gasteiger partial charge is 0.400 e. The Morgan fingerprint density at radius 1 is 1.23 bits per heavy atom. The van der Waals surface area contributed by atoms with Crippen LogP contribution in [0.2, 0.25) is 0 Å². The molecule has 1 heterocycles. The molecule has 0 atom stereocenters. The predicted octanol–water partition coefficient (Wildman–Crippen LogP) is 2.21. The van der Waals surface area contributed by atoms with Crippen LogP contribution in [0.1, 0.15) is 33.3 Å². The molecule has 0 amide bonds. The van der Waals surface area contributed by atoms with Gasteiger partial charge in [-0.25, -0.2) is 0 Å². The lowest BCUT2D eigenvalue weighted by Gasteiger charge is -2.32. The average Bonchev–Trinajstić information content (AvgIpc) is 2.67. The summed E-state index contributed by atoms with van der Waals surface area (Å²) in [6.45, 7) is 8.93. The van der Waals surface area contributed by atoms with Gasteiger partial charge in [-0.2, -0.15) is 0 Å². The molecule has 0 saturated carbocycles. The van der Waals surface area contributed by atoms with Gasteiger partial charge in [-0.15, -0.1) is 0 Å². The van der Waals surface area contributed by atoms with Crippen LogP contribution in [0.25, 0.3) is 6.08 Å². The molecule has 1 aromatic rings. The number of likely N-dealkylation sites (N-methyl/N-ethyl adjacent to an activating group) is 1. The monoisotopic (exact) mass is 303 g/mol. The molecule has 1 aliphatic heterocycles. The van der Waals surface area contributed by atoms with Crippen LogP contribution in [-0.2, 0) is 9.31 Å². The van der Waals surface area contributed by atoms with E-state index in [1.54, 1.807) is 0 Å². The van der Waals surface area contributed by atoms with E-state index in [1.165, 1.54) is 0 Å². The van der Waals surface area contributed by atoms with Crippen molar-refractivity contribution in [2.24, 2.45) is 5.84 Å². The summed E-state index contributed by atoms with van der Waals surface area (Å²) in [6.07, 6.45) is 2.08. The van der Waals surface area contributed by atoms with Crippen LogP contribution in [0.15, 0.2) is 29.7 Å². The summed E-state index contributed by atoms with van der Waals surface area (Å²) < 4.78 is 12.3. The summed E-state index contributed by atoms with van der Waals surface area (Å²) in [5, 5.41) is 3.18. The molecule has 0 unspecified atom stereocenters. The number of nitrogen functional groups attached to an aromatic ring is 1. The number of hydrogen-bond donors (Lipinski definition) is 3. The molecule has 2 rings (SSSR count). The normalized spacial score (nSPS) is 20.3. The van der Waals surface area contributed by atoms with E-state index in [2.05, 4.69) is 44.5 Å². The second-order valence-electron chi connectivity index (χ2n) is 6.61. The third kappa shape index (κ3) is 3.52. The molecule has 0 radical (unpaired) electrons. The molecule has 1 fully saturated rings. The molecule has 1 aliphatic rings. The summed E-state index contributed by atoms with van der Waals surface area (Å²) in [5.41, 5.74) is 4.95. The lowest BCUT2D eigenvalue weighted by Crippen LogP contribution is -2.41. The zero-order valence-corrected chi connectivity index (χ0v) is 14.1. The van der Waals surface area contributed by atoms with Gasteiger partial charge in [0, 0.05) is 12.2 Å². The van der Waals surface area contributed by atoms with Gasteiger partial charge in [-0.05, 0) is 57.9 Å². The first-order chi connectivity index (χ1) is 10.3. The predicted molar refractivity (Wildman–Crippen MR) is 92.2 cm³/mol. The highest BCUT2D eigenvalue weighted by molar-refractivity contribution is 6.55. The van der Waals surface area contributed by atoms with Crippen molar-refractivity contribution in [2.45, 2.75) is 38.9 Å². The molecule has 1 aromatic carbocycles. The number of rotatable bonds is 5. The Hall–Kier alpha value is -1.34. The molecule has 4 N–H and O–H groups in total. The first kappa shape index (κ1) is 17.0. The molecule has 1 saturated heterocycles. The van der Waals surface area contributed by atoms with Gasteiger partial charge < -0.3 is 20.1 Å². The van der Waals surface area contributed by atoms with E-state index >= 15 is 0 Å². The van der Waals surface area contributed by atoms with Gasteiger partial charge in [0.15, 0.2) is 0 Å². The van der Waals surface area contributed by atoms with Crippen LogP contribution in [0.4, 0.5) is 5.69 Å². The Labute approximate surface area is 133 Å². The number of hydrazine groups is 1. The van der Waals surface area contributed by atoms with Gasteiger partial charge in [0.1, 0.15) is 0 Å². The molecular weight excluding hydrogens is 277 g/mol. The van der Waals surface area contributed by atoms with Gasteiger partial charge >= 0.3 is 7.12 Å². The second-order valence-corrected chi connectivity index (χ2v) is 6.61. The molecule has 120 valence electrons. The van der Waals surface area contributed by atoms with Gasteiger partial charge in [-0.1, -0.05) is 18.2 Å². The second kappa shape index (κ2) is 6.42. The molecule has 0 aromatic heterocycles. The van der Waals surface area contributed by atoms with Gasteiger partial charge in [0.25, 0.3) is 0 Å². The topological polar surface area (TPSA) is 68.5 Å². The molecule has 6 heteroatoms. The van der Waals surface area contributed by atoms with Crippen molar-refractivity contribution in [3.8, 4) is 0 Å². The third-order valence-electron chi connectivity index (χ3n) is 4.34. The molecule has 0 aliphatic carbocycles. The summed E-state index contributed by atoms with van der Waals surface area (Å²) >= 11 is 0. The number of anilines is 1. The fraction of sp³-hybridized carbons (Fsp3) is 0.500. The zero-order valence-electron chi connectivity index (χ0n) is 14.1. The highest BCUT2D eigenvalue weighted by Gasteiger charge is 2.52. The van der Waals surface area contributed by atoms with Crippen molar-refractivity contribution in [3.63, 3.8) is 0 Å². The molecule has 0 spiro atoms. The quantitative estimate of drug-likeness (QED) is 0.442. The van der Waals surface area contributed by atoms with Crippen LogP contribution in [-0.4, -0.2) is 31.9 Å². The maximum Gasteiger partial charge on any atom is 0.491 e.